The molecule has 0 fully saturated rings. The van der Waals surface area contributed by atoms with Crippen LogP contribution in [-0.4, -0.2) is 28.6 Å². The summed E-state index contributed by atoms with van der Waals surface area (Å²) in [5.41, 5.74) is 6.33. The summed E-state index contributed by atoms with van der Waals surface area (Å²) >= 11 is 1.50. The van der Waals surface area contributed by atoms with Gasteiger partial charge in [-0.25, -0.2) is 0 Å². The second-order valence-electron chi connectivity index (χ2n) is 5.37. The van der Waals surface area contributed by atoms with Crippen LogP contribution >= 0.6 is 11.8 Å². The average molecular weight is 271 g/mol. The number of anilines is 1. The zero-order chi connectivity index (χ0) is 13.8. The van der Waals surface area contributed by atoms with E-state index in [0.29, 0.717) is 11.6 Å². The van der Waals surface area contributed by atoms with Gasteiger partial charge in [0.05, 0.1) is 11.4 Å². The van der Waals surface area contributed by atoms with E-state index in [4.69, 9.17) is 10.3 Å². The maximum Gasteiger partial charge on any atom is 0.236 e. The number of thioether (sulfide) groups is 1. The minimum absolute atomic E-state index is 0.0871. The van der Waals surface area contributed by atoms with Crippen LogP contribution < -0.4 is 11.1 Å². The van der Waals surface area contributed by atoms with Crippen LogP contribution in [0.25, 0.3) is 0 Å². The molecule has 0 aliphatic heterocycles. The predicted molar refractivity (Wildman–Crippen MR) is 74.8 cm³/mol. The fourth-order valence-corrected chi connectivity index (χ4v) is 1.95. The van der Waals surface area contributed by atoms with Crippen molar-refractivity contribution in [3.63, 3.8) is 0 Å². The van der Waals surface area contributed by atoms with Crippen LogP contribution in [0.3, 0.4) is 0 Å². The van der Waals surface area contributed by atoms with Crippen LogP contribution in [0, 0.1) is 0 Å². The summed E-state index contributed by atoms with van der Waals surface area (Å²) in [5.74, 6) is 1.42. The fraction of sp³-hybridized carbons (Fsp3) is 0.667. The molecule has 0 radical (unpaired) electrons. The zero-order valence-corrected chi connectivity index (χ0v) is 12.1. The second kappa shape index (κ2) is 6.24. The molecule has 1 heterocycles. The van der Waals surface area contributed by atoms with E-state index >= 15 is 0 Å². The molecule has 5 nitrogen and oxygen atoms in total. The maximum atomic E-state index is 11.6. The molecule has 0 spiro atoms. The van der Waals surface area contributed by atoms with E-state index in [2.05, 4.69) is 10.5 Å². The van der Waals surface area contributed by atoms with Gasteiger partial charge >= 0.3 is 0 Å². The molecular weight excluding hydrogens is 250 g/mol. The smallest absolute Gasteiger partial charge is 0.236 e. The third kappa shape index (κ3) is 5.10. The molecule has 1 aromatic heterocycles. The quantitative estimate of drug-likeness (QED) is 0.856. The van der Waals surface area contributed by atoms with Gasteiger partial charge in [-0.05, 0) is 6.92 Å². The van der Waals surface area contributed by atoms with Crippen LogP contribution in [-0.2, 0) is 10.2 Å². The van der Waals surface area contributed by atoms with Crippen molar-refractivity contribution >= 4 is 23.6 Å². The molecule has 6 heteroatoms. The number of aromatic nitrogens is 1. The van der Waals surface area contributed by atoms with Crippen molar-refractivity contribution in [1.29, 1.82) is 0 Å². The first-order chi connectivity index (χ1) is 8.29. The van der Waals surface area contributed by atoms with Gasteiger partial charge in [-0.15, -0.1) is 0 Å². The van der Waals surface area contributed by atoms with E-state index in [-0.39, 0.29) is 17.4 Å². The molecule has 1 aromatic rings. The highest BCUT2D eigenvalue weighted by molar-refractivity contribution is 8.00. The molecule has 0 bridgehead atoms. The summed E-state index contributed by atoms with van der Waals surface area (Å²) in [6.45, 7) is 8.02. The highest BCUT2D eigenvalue weighted by Crippen LogP contribution is 2.23. The van der Waals surface area contributed by atoms with Gasteiger partial charge in [0.1, 0.15) is 0 Å². The Morgan fingerprint density at radius 2 is 2.28 bits per heavy atom. The van der Waals surface area contributed by atoms with Gasteiger partial charge in [-0.1, -0.05) is 25.9 Å². The number of carbonyl (C=O) groups is 1. The molecule has 1 amide bonds. The molecule has 102 valence electrons. The van der Waals surface area contributed by atoms with Gasteiger partial charge in [-0.3, -0.25) is 10.1 Å². The van der Waals surface area contributed by atoms with Crippen molar-refractivity contribution in [1.82, 2.24) is 5.16 Å². The Morgan fingerprint density at radius 1 is 1.61 bits per heavy atom. The molecule has 0 saturated carbocycles. The third-order valence-corrected chi connectivity index (χ3v) is 3.38. The molecule has 0 aromatic carbocycles. The van der Waals surface area contributed by atoms with Gasteiger partial charge in [0.15, 0.2) is 0 Å². The largest absolute Gasteiger partial charge is 0.338 e. The summed E-state index contributed by atoms with van der Waals surface area (Å²) in [5, 5.41) is 6.61. The Bertz CT molecular complexity index is 396. The van der Waals surface area contributed by atoms with E-state index in [0.717, 1.165) is 11.4 Å². The van der Waals surface area contributed by atoms with E-state index < -0.39 is 0 Å². The number of nitrogens with zero attached hydrogens (tertiary/aromatic N) is 1. The maximum absolute atomic E-state index is 11.6. The average Bonchev–Trinajstić information content (AvgIpc) is 2.64. The summed E-state index contributed by atoms with van der Waals surface area (Å²) in [4.78, 5) is 11.6. The second-order valence-corrected chi connectivity index (χ2v) is 6.40. The van der Waals surface area contributed by atoms with Crippen LogP contribution in [0.5, 0.6) is 0 Å². The van der Waals surface area contributed by atoms with Gasteiger partial charge in [-0.2, -0.15) is 11.8 Å². The molecule has 1 rings (SSSR count). The highest BCUT2D eigenvalue weighted by Gasteiger charge is 2.19. The number of nitrogens with two attached hydrogens (primary N) is 1. The first kappa shape index (κ1) is 15.0. The van der Waals surface area contributed by atoms with Gasteiger partial charge in [0.2, 0.25) is 11.8 Å². The van der Waals surface area contributed by atoms with Crippen molar-refractivity contribution < 1.29 is 9.32 Å². The normalized spacial score (nSPS) is 13.4. The van der Waals surface area contributed by atoms with E-state index in [9.17, 15) is 4.79 Å². The third-order valence-electron chi connectivity index (χ3n) is 2.16. The lowest BCUT2D eigenvalue weighted by molar-refractivity contribution is -0.113. The Labute approximate surface area is 112 Å². The summed E-state index contributed by atoms with van der Waals surface area (Å²) in [7, 11) is 0. The monoisotopic (exact) mass is 271 g/mol. The van der Waals surface area contributed by atoms with Gasteiger partial charge < -0.3 is 10.3 Å². The lowest BCUT2D eigenvalue weighted by atomic mass is 9.92. The molecule has 18 heavy (non-hydrogen) atoms. The SMILES string of the molecule is CC(N)CSCC(=O)Nc1cc(C(C)(C)C)no1. The molecule has 0 saturated heterocycles. The van der Waals surface area contributed by atoms with E-state index in [1.54, 1.807) is 6.07 Å². The van der Waals surface area contributed by atoms with Crippen molar-refractivity contribution in [2.45, 2.75) is 39.2 Å². The standard InChI is InChI=1S/C12H21N3O2S/c1-8(13)6-18-7-10(16)14-11-5-9(15-17-11)12(2,3)4/h5,8H,6-7,13H2,1-4H3,(H,14,16). The Balaban J connectivity index is 2.43. The lowest BCUT2D eigenvalue weighted by Crippen LogP contribution is -2.20. The topological polar surface area (TPSA) is 81.2 Å². The summed E-state index contributed by atoms with van der Waals surface area (Å²) in [6.07, 6.45) is 0. The molecular formula is C12H21N3O2S. The summed E-state index contributed by atoms with van der Waals surface area (Å²) in [6, 6.07) is 1.86. The van der Waals surface area contributed by atoms with Gasteiger partial charge in [0.25, 0.3) is 0 Å². The number of hydrogen-bond donors (Lipinski definition) is 2. The van der Waals surface area contributed by atoms with E-state index in [1.165, 1.54) is 11.8 Å². The molecule has 1 unspecified atom stereocenters. The molecule has 3 N–H and O–H groups in total. The van der Waals surface area contributed by atoms with Crippen LogP contribution in [0.4, 0.5) is 5.88 Å². The van der Waals surface area contributed by atoms with Crippen molar-refractivity contribution in [2.24, 2.45) is 5.73 Å². The Kier molecular flexibility index (Phi) is 5.22. The molecule has 0 aliphatic rings. The van der Waals surface area contributed by atoms with Crippen molar-refractivity contribution in [2.75, 3.05) is 16.8 Å². The number of hydrogen-bond acceptors (Lipinski definition) is 5. The fourth-order valence-electron chi connectivity index (χ4n) is 1.20. The highest BCUT2D eigenvalue weighted by atomic mass is 32.2. The first-order valence-electron chi connectivity index (χ1n) is 5.89. The van der Waals surface area contributed by atoms with Crippen LogP contribution in [0.1, 0.15) is 33.4 Å². The van der Waals surface area contributed by atoms with Crippen molar-refractivity contribution in [3.8, 4) is 0 Å². The number of rotatable bonds is 5. The minimum atomic E-state index is -0.0998. The zero-order valence-electron chi connectivity index (χ0n) is 11.3. The first-order valence-corrected chi connectivity index (χ1v) is 7.05. The van der Waals surface area contributed by atoms with Crippen LogP contribution in [0.15, 0.2) is 10.6 Å². The number of carbonyl (C=O) groups excluding carboxylic acids is 1. The Morgan fingerprint density at radius 3 is 2.78 bits per heavy atom. The van der Waals surface area contributed by atoms with Crippen LogP contribution in [0.2, 0.25) is 0 Å². The molecule has 0 aliphatic carbocycles. The number of amides is 1. The minimum Gasteiger partial charge on any atom is -0.338 e. The Hall–Kier alpha value is -1.01. The van der Waals surface area contributed by atoms with Crippen molar-refractivity contribution in [3.05, 3.63) is 11.8 Å². The predicted octanol–water partition coefficient (Wildman–Crippen LogP) is 1.99. The van der Waals surface area contributed by atoms with E-state index in [1.807, 2.05) is 27.7 Å². The lowest BCUT2D eigenvalue weighted by Gasteiger charge is -2.12. The summed E-state index contributed by atoms with van der Waals surface area (Å²) < 4.78 is 5.07. The molecule has 1 atom stereocenters. The number of nitrogens with one attached hydrogen (secondary N) is 1. The van der Waals surface area contributed by atoms with Gasteiger partial charge in [0, 0.05) is 23.3 Å².